The standard InChI is InChI=1S/C19H30N2O2/c1-14(2)10-15(8-9-22)13-20-18(23)21-19(3)11-16-6-4-5-7-17(16)12-19/h4-7,14-15,22H,8-13H2,1-3H3,(H2,20,21,23). The molecule has 1 unspecified atom stereocenters. The van der Waals surface area contributed by atoms with Crippen LogP contribution in [-0.4, -0.2) is 29.8 Å². The fraction of sp³-hybridized carbons (Fsp3) is 0.632. The zero-order valence-corrected chi connectivity index (χ0v) is 14.6. The molecule has 23 heavy (non-hydrogen) atoms. The number of hydrogen-bond acceptors (Lipinski definition) is 2. The van der Waals surface area contributed by atoms with Crippen LogP contribution in [0.5, 0.6) is 0 Å². The molecular weight excluding hydrogens is 288 g/mol. The number of amides is 2. The van der Waals surface area contributed by atoms with E-state index in [2.05, 4.69) is 55.7 Å². The summed E-state index contributed by atoms with van der Waals surface area (Å²) in [4.78, 5) is 12.3. The van der Waals surface area contributed by atoms with E-state index in [4.69, 9.17) is 5.11 Å². The molecule has 0 radical (unpaired) electrons. The van der Waals surface area contributed by atoms with Gasteiger partial charge in [-0.2, -0.15) is 0 Å². The van der Waals surface area contributed by atoms with Crippen LogP contribution in [0.25, 0.3) is 0 Å². The van der Waals surface area contributed by atoms with E-state index in [0.717, 1.165) is 25.7 Å². The number of urea groups is 1. The molecule has 3 N–H and O–H groups in total. The minimum atomic E-state index is -0.210. The summed E-state index contributed by atoms with van der Waals surface area (Å²) in [6, 6.07) is 8.28. The molecule has 128 valence electrons. The summed E-state index contributed by atoms with van der Waals surface area (Å²) in [6.07, 6.45) is 3.51. The molecule has 4 nitrogen and oxygen atoms in total. The number of rotatable bonds is 7. The SMILES string of the molecule is CC(C)CC(CCO)CNC(=O)NC1(C)Cc2ccccc2C1. The fourth-order valence-electron chi connectivity index (χ4n) is 3.60. The molecular formula is C19H30N2O2. The molecule has 0 heterocycles. The van der Waals surface area contributed by atoms with Crippen molar-refractivity contribution < 1.29 is 9.90 Å². The zero-order valence-electron chi connectivity index (χ0n) is 14.6. The minimum Gasteiger partial charge on any atom is -0.396 e. The highest BCUT2D eigenvalue weighted by atomic mass is 16.3. The Morgan fingerprint density at radius 1 is 1.26 bits per heavy atom. The van der Waals surface area contributed by atoms with Crippen molar-refractivity contribution in [2.45, 2.75) is 52.0 Å². The van der Waals surface area contributed by atoms with Crippen LogP contribution in [0.1, 0.15) is 44.7 Å². The Balaban J connectivity index is 1.83. The molecule has 0 saturated heterocycles. The smallest absolute Gasteiger partial charge is 0.315 e. The van der Waals surface area contributed by atoms with Crippen molar-refractivity contribution in [3.63, 3.8) is 0 Å². The molecule has 0 aromatic heterocycles. The molecule has 2 rings (SSSR count). The maximum Gasteiger partial charge on any atom is 0.315 e. The van der Waals surface area contributed by atoms with Gasteiger partial charge in [0.25, 0.3) is 0 Å². The maximum atomic E-state index is 12.3. The summed E-state index contributed by atoms with van der Waals surface area (Å²) in [7, 11) is 0. The van der Waals surface area contributed by atoms with E-state index in [1.165, 1.54) is 11.1 Å². The molecule has 0 fully saturated rings. The second-order valence-electron chi connectivity index (χ2n) is 7.53. The molecule has 1 aliphatic carbocycles. The van der Waals surface area contributed by atoms with Crippen LogP contribution >= 0.6 is 0 Å². The highest BCUT2D eigenvalue weighted by Gasteiger charge is 2.33. The number of aliphatic hydroxyl groups excluding tert-OH is 1. The van der Waals surface area contributed by atoms with Crippen molar-refractivity contribution in [1.82, 2.24) is 10.6 Å². The summed E-state index contributed by atoms with van der Waals surface area (Å²) < 4.78 is 0. The largest absolute Gasteiger partial charge is 0.396 e. The van der Waals surface area contributed by atoms with Crippen molar-refractivity contribution in [1.29, 1.82) is 0 Å². The Kier molecular flexibility index (Phi) is 6.05. The Morgan fingerprint density at radius 2 is 1.87 bits per heavy atom. The highest BCUT2D eigenvalue weighted by molar-refractivity contribution is 5.75. The van der Waals surface area contributed by atoms with E-state index in [1.54, 1.807) is 0 Å². The monoisotopic (exact) mass is 318 g/mol. The lowest BCUT2D eigenvalue weighted by Gasteiger charge is -2.26. The molecule has 1 aromatic carbocycles. The van der Waals surface area contributed by atoms with Gasteiger partial charge in [-0.05, 0) is 55.6 Å². The van der Waals surface area contributed by atoms with E-state index >= 15 is 0 Å². The van der Waals surface area contributed by atoms with Crippen molar-refractivity contribution >= 4 is 6.03 Å². The topological polar surface area (TPSA) is 61.4 Å². The van der Waals surface area contributed by atoms with E-state index in [0.29, 0.717) is 18.4 Å². The van der Waals surface area contributed by atoms with Crippen LogP contribution in [0.3, 0.4) is 0 Å². The van der Waals surface area contributed by atoms with E-state index in [9.17, 15) is 4.79 Å². The van der Waals surface area contributed by atoms with E-state index in [-0.39, 0.29) is 18.2 Å². The first-order valence-electron chi connectivity index (χ1n) is 8.65. The van der Waals surface area contributed by atoms with Crippen molar-refractivity contribution in [3.05, 3.63) is 35.4 Å². The third kappa shape index (κ3) is 5.24. The van der Waals surface area contributed by atoms with Crippen molar-refractivity contribution in [2.24, 2.45) is 11.8 Å². The lowest BCUT2D eigenvalue weighted by molar-refractivity contribution is 0.216. The molecule has 2 amide bonds. The first-order valence-corrected chi connectivity index (χ1v) is 8.65. The number of benzene rings is 1. The molecule has 1 atom stereocenters. The number of aliphatic hydroxyl groups is 1. The summed E-state index contributed by atoms with van der Waals surface area (Å²) in [5, 5.41) is 15.3. The highest BCUT2D eigenvalue weighted by Crippen LogP contribution is 2.29. The average Bonchev–Trinajstić information content (AvgIpc) is 2.80. The lowest BCUT2D eigenvalue weighted by Crippen LogP contribution is -2.51. The van der Waals surface area contributed by atoms with Crippen molar-refractivity contribution in [3.8, 4) is 0 Å². The van der Waals surface area contributed by atoms with Crippen LogP contribution in [0, 0.1) is 11.8 Å². The average molecular weight is 318 g/mol. The molecule has 1 aliphatic rings. The molecule has 1 aromatic rings. The number of hydrogen-bond donors (Lipinski definition) is 3. The van der Waals surface area contributed by atoms with E-state index in [1.807, 2.05) is 0 Å². The third-order valence-electron chi connectivity index (χ3n) is 4.59. The van der Waals surface area contributed by atoms with Crippen LogP contribution in [-0.2, 0) is 12.8 Å². The molecule has 0 saturated carbocycles. The second-order valence-corrected chi connectivity index (χ2v) is 7.53. The summed E-state index contributed by atoms with van der Waals surface area (Å²) in [5.74, 6) is 0.901. The summed E-state index contributed by atoms with van der Waals surface area (Å²) in [5.41, 5.74) is 2.44. The van der Waals surface area contributed by atoms with Gasteiger partial charge in [-0.15, -0.1) is 0 Å². The lowest BCUT2D eigenvalue weighted by atomic mass is 9.94. The maximum absolute atomic E-state index is 12.3. The number of carbonyl (C=O) groups is 1. The number of carbonyl (C=O) groups excluding carboxylic acids is 1. The summed E-state index contributed by atoms with van der Waals surface area (Å²) >= 11 is 0. The predicted octanol–water partition coefficient (Wildman–Crippen LogP) is 2.89. The van der Waals surface area contributed by atoms with Gasteiger partial charge in [-0.3, -0.25) is 0 Å². The van der Waals surface area contributed by atoms with Crippen LogP contribution in [0.2, 0.25) is 0 Å². The van der Waals surface area contributed by atoms with Gasteiger partial charge in [0.05, 0.1) is 0 Å². The first-order chi connectivity index (χ1) is 10.9. The van der Waals surface area contributed by atoms with Gasteiger partial charge in [-0.1, -0.05) is 38.1 Å². The van der Waals surface area contributed by atoms with Gasteiger partial charge in [0, 0.05) is 18.7 Å². The van der Waals surface area contributed by atoms with E-state index < -0.39 is 0 Å². The number of fused-ring (bicyclic) bond motifs is 1. The van der Waals surface area contributed by atoms with Gasteiger partial charge < -0.3 is 15.7 Å². The van der Waals surface area contributed by atoms with Gasteiger partial charge in [0.15, 0.2) is 0 Å². The van der Waals surface area contributed by atoms with Gasteiger partial charge >= 0.3 is 6.03 Å². The normalized spacial score (nSPS) is 16.9. The summed E-state index contributed by atoms with van der Waals surface area (Å²) in [6.45, 7) is 7.23. The van der Waals surface area contributed by atoms with Crippen LogP contribution in [0.15, 0.2) is 24.3 Å². The van der Waals surface area contributed by atoms with Crippen LogP contribution in [0.4, 0.5) is 4.79 Å². The van der Waals surface area contributed by atoms with Gasteiger partial charge in [0.2, 0.25) is 0 Å². The molecule has 4 heteroatoms. The number of nitrogens with one attached hydrogen (secondary N) is 2. The molecule has 0 bridgehead atoms. The van der Waals surface area contributed by atoms with Gasteiger partial charge in [0.1, 0.15) is 0 Å². The Morgan fingerprint density at radius 3 is 2.39 bits per heavy atom. The van der Waals surface area contributed by atoms with Crippen LogP contribution < -0.4 is 10.6 Å². The Bertz CT molecular complexity index is 503. The quantitative estimate of drug-likeness (QED) is 0.724. The van der Waals surface area contributed by atoms with Crippen molar-refractivity contribution in [2.75, 3.05) is 13.2 Å². The van der Waals surface area contributed by atoms with Gasteiger partial charge in [-0.25, -0.2) is 4.79 Å². The minimum absolute atomic E-state index is 0.105. The molecule has 0 spiro atoms. The Hall–Kier alpha value is -1.55. The fourth-order valence-corrected chi connectivity index (χ4v) is 3.60. The Labute approximate surface area is 139 Å². The predicted molar refractivity (Wildman–Crippen MR) is 93.4 cm³/mol. The third-order valence-corrected chi connectivity index (χ3v) is 4.59. The zero-order chi connectivity index (χ0) is 16.9. The second kappa shape index (κ2) is 7.82. The molecule has 0 aliphatic heterocycles. The first kappa shape index (κ1) is 17.8.